The van der Waals surface area contributed by atoms with Gasteiger partial charge in [0.15, 0.2) is 0 Å². The highest BCUT2D eigenvalue weighted by Gasteiger charge is 2.39. The second-order valence-electron chi connectivity index (χ2n) is 23.8. The molecule has 0 radical (unpaired) electrons. The summed E-state index contributed by atoms with van der Waals surface area (Å²) in [5, 5.41) is 0. The lowest BCUT2D eigenvalue weighted by Gasteiger charge is -2.33. The van der Waals surface area contributed by atoms with Crippen molar-refractivity contribution in [1.29, 1.82) is 0 Å². The van der Waals surface area contributed by atoms with E-state index in [1.165, 1.54) is 112 Å². The number of aliphatic imine (C=N–C) groups is 1. The molecule has 0 amide bonds. The van der Waals surface area contributed by atoms with Crippen LogP contribution in [0.4, 0.5) is 28.4 Å². The van der Waals surface area contributed by atoms with E-state index in [0.29, 0.717) is 5.92 Å². The molecule has 4 nitrogen and oxygen atoms in total. The van der Waals surface area contributed by atoms with Crippen molar-refractivity contribution in [2.45, 2.75) is 85.0 Å². The molecule has 0 fully saturated rings. The van der Waals surface area contributed by atoms with Gasteiger partial charge in [-0.05, 0) is 170 Å². The fourth-order valence-electron chi connectivity index (χ4n) is 13.0. The van der Waals surface area contributed by atoms with E-state index >= 15 is 0 Å². The molecule has 3 aliphatic carbocycles. The predicted octanol–water partition coefficient (Wildman–Crippen LogP) is 19.5. The van der Waals surface area contributed by atoms with Crippen LogP contribution in [0.1, 0.15) is 122 Å². The molecule has 4 aliphatic rings. The van der Waals surface area contributed by atoms with E-state index in [0.717, 1.165) is 29.2 Å². The molecule has 0 spiro atoms. The molecule has 1 atom stereocenters. The van der Waals surface area contributed by atoms with Gasteiger partial charge in [0.2, 0.25) is 0 Å². The van der Waals surface area contributed by atoms with Crippen molar-refractivity contribution in [2.24, 2.45) is 10.9 Å². The number of nitrogens with zero attached hydrogens (tertiary/aromatic N) is 4. The van der Waals surface area contributed by atoms with E-state index < -0.39 is 0 Å². The number of hydrogen-bond donors (Lipinski definition) is 0. The number of pyridine rings is 1. The van der Waals surface area contributed by atoms with E-state index in [1.807, 2.05) is 30.9 Å². The summed E-state index contributed by atoms with van der Waals surface area (Å²) in [6.45, 7) is 20.8. The summed E-state index contributed by atoms with van der Waals surface area (Å²) in [6.07, 6.45) is 18.0. The maximum Gasteiger partial charge on any atom is 0.0644 e. The Morgan fingerprint density at radius 2 is 0.769 bits per heavy atom. The van der Waals surface area contributed by atoms with E-state index in [-0.39, 0.29) is 16.2 Å². The zero-order valence-corrected chi connectivity index (χ0v) is 46.4. The third-order valence-electron chi connectivity index (χ3n) is 17.6. The Hall–Kier alpha value is -8.60. The molecule has 78 heavy (non-hydrogen) atoms. The number of hydrogen-bond acceptors (Lipinski definition) is 4. The predicted molar refractivity (Wildman–Crippen MR) is 331 cm³/mol. The minimum absolute atomic E-state index is 0.150. The van der Waals surface area contributed by atoms with Gasteiger partial charge in [-0.15, -0.1) is 0 Å². The lowest BCUT2D eigenvalue weighted by atomic mass is 9.81. The highest BCUT2D eigenvalue weighted by Crippen LogP contribution is 2.54. The van der Waals surface area contributed by atoms with Crippen LogP contribution >= 0.6 is 0 Å². The van der Waals surface area contributed by atoms with Crippen LogP contribution in [0.5, 0.6) is 0 Å². The van der Waals surface area contributed by atoms with Crippen LogP contribution in [0.15, 0.2) is 199 Å². The van der Waals surface area contributed by atoms with Crippen LogP contribution in [-0.2, 0) is 16.2 Å². The summed E-state index contributed by atoms with van der Waals surface area (Å²) < 4.78 is 0. The van der Waals surface area contributed by atoms with Crippen LogP contribution in [0.25, 0.3) is 57.7 Å². The number of rotatable bonds is 10. The number of benzene rings is 8. The zero-order valence-electron chi connectivity index (χ0n) is 46.4. The summed E-state index contributed by atoms with van der Waals surface area (Å²) in [4.78, 5) is 13.8. The van der Waals surface area contributed by atoms with Crippen LogP contribution in [-0.4, -0.2) is 11.2 Å². The third kappa shape index (κ3) is 8.20. The molecule has 9 aromatic rings. The molecule has 8 aromatic carbocycles. The van der Waals surface area contributed by atoms with Gasteiger partial charge < -0.3 is 9.80 Å². The third-order valence-corrected chi connectivity index (χ3v) is 17.6. The summed E-state index contributed by atoms with van der Waals surface area (Å²) >= 11 is 0. The zero-order chi connectivity index (χ0) is 53.7. The molecular weight excluding hydrogens is 945 g/mol. The SMILES string of the molecule is Cc1ccc(N(C2=CN=CCC2C)c2ccc3c(c2)C(C)(C)c2cc(/C=C/c4ccc5c(c4)C(C)(C)c4cc(/C=C/c6ccc7c(c6)C(C)(C)c6cc(N(c8ccc(C)cc8)c8cccnc8)ccc6-7)ccc4-5)ccc2-3)cc1. The van der Waals surface area contributed by atoms with Crippen molar-refractivity contribution in [3.8, 4) is 33.4 Å². The maximum atomic E-state index is 4.62. The molecule has 0 N–H and O–H groups in total. The molecule has 1 unspecified atom stereocenters. The lowest BCUT2D eigenvalue weighted by molar-refractivity contribution is 0.659. The fourth-order valence-corrected chi connectivity index (χ4v) is 13.0. The number of anilines is 5. The number of aryl methyl sites for hydroxylation is 2. The number of allylic oxidation sites excluding steroid dienone is 1. The Morgan fingerprint density at radius 1 is 0.410 bits per heavy atom. The van der Waals surface area contributed by atoms with Gasteiger partial charge >= 0.3 is 0 Å². The molecule has 2 heterocycles. The Balaban J connectivity index is 0.729. The average Bonchev–Trinajstić information content (AvgIpc) is 4.17. The van der Waals surface area contributed by atoms with Crippen molar-refractivity contribution < 1.29 is 0 Å². The quantitative estimate of drug-likeness (QED) is 0.128. The molecule has 1 aliphatic heterocycles. The summed E-state index contributed by atoms with van der Waals surface area (Å²) in [5.41, 5.74) is 29.7. The van der Waals surface area contributed by atoms with Gasteiger partial charge in [0.1, 0.15) is 0 Å². The molecule has 13 rings (SSSR count). The monoisotopic (exact) mass is 1010 g/mol. The second kappa shape index (κ2) is 18.6. The van der Waals surface area contributed by atoms with Gasteiger partial charge in [-0.25, -0.2) is 0 Å². The average molecular weight is 1010 g/mol. The molecule has 0 bridgehead atoms. The molecule has 0 saturated heterocycles. The van der Waals surface area contributed by atoms with Gasteiger partial charge in [-0.3, -0.25) is 9.98 Å². The van der Waals surface area contributed by atoms with Crippen molar-refractivity contribution in [3.63, 3.8) is 0 Å². The normalized spacial score (nSPS) is 16.6. The van der Waals surface area contributed by atoms with E-state index in [2.05, 4.69) is 270 Å². The fraction of sp³-hybridized carbons (Fsp3) is 0.189. The summed E-state index contributed by atoms with van der Waals surface area (Å²) in [5.74, 6) is 0.360. The first kappa shape index (κ1) is 49.0. The molecule has 0 saturated carbocycles. The molecule has 4 heteroatoms. The standard InChI is InChI=1S/C74H66N4/c1-47-12-24-54(25-13-47)77(58-11-10-37-75-45-58)56-28-34-63-61-32-22-52(41-67(61)73(6,7)69(63)43-56)18-16-50-20-30-59-60-31-21-51(40-66(60)72(4,5)65(59)39-50)17-19-53-23-33-62-64-35-29-57(44-70(64)74(8,9)68(62)42-53)78(55-26-14-48(2)15-27-55)71-46-76-38-36-49(71)3/h10-35,37-46,49H,36H2,1-9H3/b18-16+,19-17+. The first-order valence-corrected chi connectivity index (χ1v) is 27.7. The first-order chi connectivity index (χ1) is 37.6. The van der Waals surface area contributed by atoms with Crippen molar-refractivity contribution in [1.82, 2.24) is 4.98 Å². The molecule has 1 aromatic heterocycles. The van der Waals surface area contributed by atoms with Gasteiger partial charge in [0, 0.05) is 69.2 Å². The molecule has 382 valence electrons. The van der Waals surface area contributed by atoms with E-state index in [1.54, 1.807) is 0 Å². The number of aromatic nitrogens is 1. The van der Waals surface area contributed by atoms with Crippen molar-refractivity contribution in [3.05, 3.63) is 261 Å². The highest BCUT2D eigenvalue weighted by molar-refractivity contribution is 5.90. The Morgan fingerprint density at radius 3 is 1.15 bits per heavy atom. The largest absolute Gasteiger partial charge is 0.312 e. The van der Waals surface area contributed by atoms with Crippen LogP contribution in [0.2, 0.25) is 0 Å². The van der Waals surface area contributed by atoms with Crippen LogP contribution in [0, 0.1) is 19.8 Å². The Kier molecular flexibility index (Phi) is 11.7. The summed E-state index contributed by atoms with van der Waals surface area (Å²) in [7, 11) is 0. The van der Waals surface area contributed by atoms with E-state index in [9.17, 15) is 0 Å². The topological polar surface area (TPSA) is 31.7 Å². The van der Waals surface area contributed by atoms with Crippen LogP contribution in [0.3, 0.4) is 0 Å². The smallest absolute Gasteiger partial charge is 0.0644 e. The van der Waals surface area contributed by atoms with E-state index in [4.69, 9.17) is 0 Å². The summed E-state index contributed by atoms with van der Waals surface area (Å²) in [6, 6.07) is 63.9. The van der Waals surface area contributed by atoms with Gasteiger partial charge in [-0.2, -0.15) is 0 Å². The van der Waals surface area contributed by atoms with Gasteiger partial charge in [0.05, 0.1) is 11.9 Å². The number of fused-ring (bicyclic) bond motifs is 9. The highest BCUT2D eigenvalue weighted by atomic mass is 15.2. The van der Waals surface area contributed by atoms with Gasteiger partial charge in [-0.1, -0.05) is 193 Å². The van der Waals surface area contributed by atoms with Crippen LogP contribution < -0.4 is 9.80 Å². The maximum absolute atomic E-state index is 4.62. The Labute approximate surface area is 461 Å². The second-order valence-corrected chi connectivity index (χ2v) is 23.8. The van der Waals surface area contributed by atoms with Crippen molar-refractivity contribution in [2.75, 3.05) is 9.80 Å². The van der Waals surface area contributed by atoms with Crippen molar-refractivity contribution >= 4 is 59.0 Å². The first-order valence-electron chi connectivity index (χ1n) is 27.7. The minimum Gasteiger partial charge on any atom is -0.312 e. The molecular formula is C74H66N4. The minimum atomic E-state index is -0.181. The Bertz CT molecular complexity index is 3990. The lowest BCUT2D eigenvalue weighted by Crippen LogP contribution is -2.24. The van der Waals surface area contributed by atoms with Gasteiger partial charge in [0.25, 0.3) is 0 Å².